The molecule has 2 N–H and O–H groups in total. The molecule has 1 aromatic carbocycles. The predicted octanol–water partition coefficient (Wildman–Crippen LogP) is 3.77. The maximum atomic E-state index is 12.5. The molecule has 0 bridgehead atoms. The first-order valence-corrected chi connectivity index (χ1v) is 9.81. The minimum Gasteiger partial charge on any atom is -0.490 e. The maximum Gasteiger partial charge on any atom is 0.251 e. The molecule has 1 heterocycles. The lowest BCUT2D eigenvalue weighted by Gasteiger charge is -2.15. The molecule has 2 rings (SSSR count). The van der Waals surface area contributed by atoms with Gasteiger partial charge in [0.2, 0.25) is 0 Å². The quantitative estimate of drug-likeness (QED) is 0.580. The number of aromatic amines is 1. The average molecular weight is 413 g/mol. The highest BCUT2D eigenvalue weighted by Gasteiger charge is 2.16. The molecular formula is C18H25ClN4O3S. The van der Waals surface area contributed by atoms with Crippen LogP contribution in [0.1, 0.15) is 43.4 Å². The zero-order valence-corrected chi connectivity index (χ0v) is 17.4. The number of carbonyl (C=O) groups is 1. The fourth-order valence-corrected chi connectivity index (χ4v) is 3.11. The Bertz CT molecular complexity index is 834. The molecule has 0 unspecified atom stereocenters. The molecule has 27 heavy (non-hydrogen) atoms. The molecule has 0 saturated heterocycles. The summed E-state index contributed by atoms with van der Waals surface area (Å²) in [6, 6.07) is 3.24. The first-order valence-electron chi connectivity index (χ1n) is 9.03. The van der Waals surface area contributed by atoms with E-state index in [0.29, 0.717) is 53.0 Å². The van der Waals surface area contributed by atoms with E-state index in [-0.39, 0.29) is 5.91 Å². The van der Waals surface area contributed by atoms with E-state index in [4.69, 9.17) is 33.3 Å². The van der Waals surface area contributed by atoms with E-state index in [1.165, 1.54) is 0 Å². The molecule has 0 radical (unpaired) electrons. The molecule has 1 aromatic heterocycles. The molecule has 0 aliphatic carbocycles. The number of ether oxygens (including phenoxy) is 2. The van der Waals surface area contributed by atoms with Crippen LogP contribution in [0.3, 0.4) is 0 Å². The van der Waals surface area contributed by atoms with Crippen molar-refractivity contribution < 1.29 is 14.3 Å². The lowest BCUT2D eigenvalue weighted by Crippen LogP contribution is -2.26. The van der Waals surface area contributed by atoms with Gasteiger partial charge in [-0.25, -0.2) is 0 Å². The highest BCUT2D eigenvalue weighted by atomic mass is 35.5. The van der Waals surface area contributed by atoms with Crippen molar-refractivity contribution >= 4 is 29.7 Å². The second kappa shape index (κ2) is 10.3. The molecule has 9 heteroatoms. The Morgan fingerprint density at radius 3 is 2.78 bits per heavy atom. The third-order valence-electron chi connectivity index (χ3n) is 3.81. The standard InChI is InChI=1S/C18H25ClN4O3S/c1-4-9-26-16-13(19)10-12(11-14(16)25-6-3)17(24)20-8-7-15-21-22-18(27)23(15)5-2/h10-11H,4-9H2,1-3H3,(H,20,24)(H,22,27). The summed E-state index contributed by atoms with van der Waals surface area (Å²) in [6.45, 7) is 7.99. The Morgan fingerprint density at radius 1 is 1.33 bits per heavy atom. The van der Waals surface area contributed by atoms with E-state index in [2.05, 4.69) is 15.5 Å². The van der Waals surface area contributed by atoms with Crippen LogP contribution in [0, 0.1) is 4.77 Å². The number of halogens is 1. The Labute approximate surface area is 169 Å². The minimum absolute atomic E-state index is 0.239. The minimum atomic E-state index is -0.239. The molecule has 0 saturated carbocycles. The lowest BCUT2D eigenvalue weighted by molar-refractivity contribution is 0.0953. The number of hydrogen-bond acceptors (Lipinski definition) is 5. The number of rotatable bonds is 10. The number of nitrogens with zero attached hydrogens (tertiary/aromatic N) is 2. The number of benzene rings is 1. The zero-order valence-electron chi connectivity index (χ0n) is 15.8. The van der Waals surface area contributed by atoms with Crippen LogP contribution in [-0.4, -0.2) is 40.4 Å². The number of carbonyl (C=O) groups excluding carboxylic acids is 1. The van der Waals surface area contributed by atoms with Crippen molar-refractivity contribution in [3.63, 3.8) is 0 Å². The number of aromatic nitrogens is 3. The fraction of sp³-hybridized carbons (Fsp3) is 0.500. The molecule has 148 valence electrons. The Hall–Kier alpha value is -2.06. The van der Waals surface area contributed by atoms with Crippen molar-refractivity contribution in [3.8, 4) is 11.5 Å². The Morgan fingerprint density at radius 2 is 2.11 bits per heavy atom. The molecule has 0 aliphatic rings. The van der Waals surface area contributed by atoms with Crippen molar-refractivity contribution in [2.75, 3.05) is 19.8 Å². The van der Waals surface area contributed by atoms with Gasteiger partial charge < -0.3 is 19.4 Å². The second-order valence-corrected chi connectivity index (χ2v) is 6.56. The van der Waals surface area contributed by atoms with Crippen LogP contribution in [0.4, 0.5) is 0 Å². The highest BCUT2D eigenvalue weighted by molar-refractivity contribution is 7.71. The largest absolute Gasteiger partial charge is 0.490 e. The third-order valence-corrected chi connectivity index (χ3v) is 4.40. The molecule has 2 aromatic rings. The Balaban J connectivity index is 2.07. The molecule has 0 spiro atoms. The van der Waals surface area contributed by atoms with Crippen molar-refractivity contribution in [2.45, 2.75) is 40.2 Å². The van der Waals surface area contributed by atoms with E-state index >= 15 is 0 Å². The third kappa shape index (κ3) is 5.46. The van der Waals surface area contributed by atoms with Crippen LogP contribution in [0.5, 0.6) is 11.5 Å². The summed E-state index contributed by atoms with van der Waals surface area (Å²) in [6.07, 6.45) is 1.41. The van der Waals surface area contributed by atoms with Gasteiger partial charge in [0.05, 0.1) is 18.2 Å². The fourth-order valence-electron chi connectivity index (χ4n) is 2.56. The van der Waals surface area contributed by atoms with Gasteiger partial charge in [-0.05, 0) is 44.6 Å². The molecular weight excluding hydrogens is 388 g/mol. The van der Waals surface area contributed by atoms with Crippen molar-refractivity contribution in [1.82, 2.24) is 20.1 Å². The predicted molar refractivity (Wildman–Crippen MR) is 108 cm³/mol. The van der Waals surface area contributed by atoms with Gasteiger partial charge in [0.1, 0.15) is 5.82 Å². The number of nitrogens with one attached hydrogen (secondary N) is 2. The maximum absolute atomic E-state index is 12.5. The van der Waals surface area contributed by atoms with Crippen molar-refractivity contribution in [2.24, 2.45) is 0 Å². The van der Waals surface area contributed by atoms with Crippen molar-refractivity contribution in [1.29, 1.82) is 0 Å². The van der Waals surface area contributed by atoms with Crippen LogP contribution in [-0.2, 0) is 13.0 Å². The van der Waals surface area contributed by atoms with Crippen molar-refractivity contribution in [3.05, 3.63) is 33.3 Å². The van der Waals surface area contributed by atoms with E-state index in [1.54, 1.807) is 12.1 Å². The highest BCUT2D eigenvalue weighted by Crippen LogP contribution is 2.36. The van der Waals surface area contributed by atoms with Crippen LogP contribution in [0.25, 0.3) is 0 Å². The van der Waals surface area contributed by atoms with Gasteiger partial charge in [-0.2, -0.15) is 5.10 Å². The molecule has 7 nitrogen and oxygen atoms in total. The van der Waals surface area contributed by atoms with Gasteiger partial charge in [-0.15, -0.1) is 0 Å². The van der Waals surface area contributed by atoms with Crippen LogP contribution < -0.4 is 14.8 Å². The summed E-state index contributed by atoms with van der Waals surface area (Å²) >= 11 is 11.5. The van der Waals surface area contributed by atoms with Gasteiger partial charge in [0.15, 0.2) is 16.3 Å². The van der Waals surface area contributed by atoms with E-state index < -0.39 is 0 Å². The Kier molecular flexibility index (Phi) is 8.12. The first-order chi connectivity index (χ1) is 13.0. The summed E-state index contributed by atoms with van der Waals surface area (Å²) in [7, 11) is 0. The lowest BCUT2D eigenvalue weighted by atomic mass is 10.2. The first kappa shape index (κ1) is 21.2. The van der Waals surface area contributed by atoms with Gasteiger partial charge in [0, 0.05) is 25.1 Å². The monoisotopic (exact) mass is 412 g/mol. The average Bonchev–Trinajstić information content (AvgIpc) is 3.00. The normalized spacial score (nSPS) is 10.7. The summed E-state index contributed by atoms with van der Waals surface area (Å²) in [4.78, 5) is 12.5. The number of hydrogen-bond donors (Lipinski definition) is 2. The van der Waals surface area contributed by atoms with Crippen LogP contribution >= 0.6 is 23.8 Å². The van der Waals surface area contributed by atoms with Gasteiger partial charge in [0.25, 0.3) is 5.91 Å². The summed E-state index contributed by atoms with van der Waals surface area (Å²) in [5.74, 6) is 1.50. The summed E-state index contributed by atoms with van der Waals surface area (Å²) in [5, 5.41) is 10.2. The van der Waals surface area contributed by atoms with Crippen LogP contribution in [0.15, 0.2) is 12.1 Å². The molecule has 0 atom stereocenters. The van der Waals surface area contributed by atoms with E-state index in [1.807, 2.05) is 25.3 Å². The van der Waals surface area contributed by atoms with Gasteiger partial charge in [-0.1, -0.05) is 18.5 Å². The second-order valence-electron chi connectivity index (χ2n) is 5.76. The molecule has 0 fully saturated rings. The topological polar surface area (TPSA) is 81.2 Å². The zero-order chi connectivity index (χ0) is 19.8. The van der Waals surface area contributed by atoms with E-state index in [0.717, 1.165) is 18.8 Å². The smallest absolute Gasteiger partial charge is 0.251 e. The molecule has 1 amide bonds. The summed E-state index contributed by atoms with van der Waals surface area (Å²) in [5.41, 5.74) is 0.418. The van der Waals surface area contributed by atoms with Crippen LogP contribution in [0.2, 0.25) is 5.02 Å². The van der Waals surface area contributed by atoms with E-state index in [9.17, 15) is 4.79 Å². The SMILES string of the molecule is CCCOc1c(Cl)cc(C(=O)NCCc2n[nH]c(=S)n2CC)cc1OCC. The molecule has 0 aliphatic heterocycles. The summed E-state index contributed by atoms with van der Waals surface area (Å²) < 4.78 is 13.7. The number of H-pyrrole nitrogens is 1. The van der Waals surface area contributed by atoms with Gasteiger partial charge >= 0.3 is 0 Å². The van der Waals surface area contributed by atoms with Gasteiger partial charge in [-0.3, -0.25) is 9.89 Å². The number of amides is 1.